The first-order valence-corrected chi connectivity index (χ1v) is 6.87. The van der Waals surface area contributed by atoms with Crippen molar-refractivity contribution >= 4 is 5.84 Å². The van der Waals surface area contributed by atoms with Crippen molar-refractivity contribution in [2.24, 2.45) is 5.73 Å². The molecule has 0 spiro atoms. The Morgan fingerprint density at radius 2 is 1.90 bits per heavy atom. The normalized spacial score (nSPS) is 11.2. The van der Waals surface area contributed by atoms with Gasteiger partial charge in [-0.05, 0) is 30.0 Å². The maximum Gasteiger partial charge on any atom is 0.141 e. The number of amidine groups is 1. The predicted octanol–water partition coefficient (Wildman–Crippen LogP) is 3.76. The van der Waals surface area contributed by atoms with Gasteiger partial charge in [0.05, 0.1) is 0 Å². The molecule has 1 heterocycles. The second kappa shape index (κ2) is 5.56. The van der Waals surface area contributed by atoms with E-state index in [9.17, 15) is 0 Å². The molecule has 21 heavy (non-hydrogen) atoms. The minimum absolute atomic E-state index is 0.0144. The van der Waals surface area contributed by atoms with Crippen LogP contribution in [0, 0.1) is 12.3 Å². The molecule has 4 nitrogen and oxygen atoms in total. The summed E-state index contributed by atoms with van der Waals surface area (Å²) in [7, 11) is 0. The van der Waals surface area contributed by atoms with Crippen molar-refractivity contribution in [3.05, 3.63) is 53.3 Å². The van der Waals surface area contributed by atoms with Crippen LogP contribution in [0.3, 0.4) is 0 Å². The fourth-order valence-electron chi connectivity index (χ4n) is 2.08. The summed E-state index contributed by atoms with van der Waals surface area (Å²) in [4.78, 5) is 4.04. The summed E-state index contributed by atoms with van der Waals surface area (Å²) >= 11 is 0. The third-order valence-corrected chi connectivity index (χ3v) is 3.18. The Balaban J connectivity index is 2.41. The molecule has 0 unspecified atom stereocenters. The summed E-state index contributed by atoms with van der Waals surface area (Å²) in [6.45, 7) is 8.49. The zero-order valence-corrected chi connectivity index (χ0v) is 12.9. The first kappa shape index (κ1) is 15.0. The molecule has 0 bridgehead atoms. The lowest BCUT2D eigenvalue weighted by molar-refractivity contribution is 0.454. The molecule has 3 N–H and O–H groups in total. The minimum Gasteiger partial charge on any atom is -0.457 e. The molecule has 0 aliphatic rings. The maximum atomic E-state index is 7.45. The summed E-state index contributed by atoms with van der Waals surface area (Å²) in [5.74, 6) is 1.38. The summed E-state index contributed by atoms with van der Waals surface area (Å²) in [6, 6.07) is 9.64. The number of aryl methyl sites for hydroxylation is 1. The Morgan fingerprint density at radius 1 is 1.19 bits per heavy atom. The van der Waals surface area contributed by atoms with E-state index in [1.54, 1.807) is 18.3 Å². The van der Waals surface area contributed by atoms with E-state index in [2.05, 4.69) is 37.9 Å². The lowest BCUT2D eigenvalue weighted by Gasteiger charge is -2.23. The van der Waals surface area contributed by atoms with Crippen LogP contribution in [-0.2, 0) is 5.41 Å². The molecule has 1 aromatic heterocycles. The Hall–Kier alpha value is -2.36. The fraction of sp³-hybridized carbons (Fsp3) is 0.294. The molecule has 2 rings (SSSR count). The number of nitrogens with one attached hydrogen (secondary N) is 1. The van der Waals surface area contributed by atoms with Crippen LogP contribution in [0.4, 0.5) is 0 Å². The van der Waals surface area contributed by atoms with Crippen molar-refractivity contribution in [2.75, 3.05) is 0 Å². The zero-order valence-electron chi connectivity index (χ0n) is 12.9. The number of rotatable bonds is 3. The molecule has 0 atom stereocenters. The molecule has 0 radical (unpaired) electrons. The molecule has 0 fully saturated rings. The Bertz CT molecular complexity index is 672. The van der Waals surface area contributed by atoms with Gasteiger partial charge in [0, 0.05) is 17.8 Å². The van der Waals surface area contributed by atoms with Crippen LogP contribution in [0.15, 0.2) is 36.5 Å². The lowest BCUT2D eigenvalue weighted by Crippen LogP contribution is -2.14. The quantitative estimate of drug-likeness (QED) is 0.665. The van der Waals surface area contributed by atoms with Gasteiger partial charge >= 0.3 is 0 Å². The highest BCUT2D eigenvalue weighted by Gasteiger charge is 2.19. The number of benzene rings is 1. The number of pyridine rings is 1. The minimum atomic E-state index is -0.0688. The highest BCUT2D eigenvalue weighted by atomic mass is 16.5. The van der Waals surface area contributed by atoms with E-state index < -0.39 is 0 Å². The number of aromatic nitrogens is 1. The molecule has 0 amide bonds. The maximum absolute atomic E-state index is 7.45. The van der Waals surface area contributed by atoms with Gasteiger partial charge in [-0.1, -0.05) is 32.9 Å². The molecule has 4 heteroatoms. The van der Waals surface area contributed by atoms with E-state index in [-0.39, 0.29) is 11.3 Å². The third-order valence-electron chi connectivity index (χ3n) is 3.18. The van der Waals surface area contributed by atoms with Gasteiger partial charge in [-0.25, -0.2) is 0 Å². The van der Waals surface area contributed by atoms with Gasteiger partial charge in [-0.3, -0.25) is 10.4 Å². The number of nitrogens with zero attached hydrogens (tertiary/aromatic N) is 1. The van der Waals surface area contributed by atoms with Crippen LogP contribution in [0.1, 0.15) is 37.6 Å². The fourth-order valence-corrected chi connectivity index (χ4v) is 2.08. The van der Waals surface area contributed by atoms with E-state index in [1.165, 1.54) is 0 Å². The highest BCUT2D eigenvalue weighted by molar-refractivity contribution is 5.93. The number of nitrogen functional groups attached to an aromatic ring is 1. The van der Waals surface area contributed by atoms with E-state index in [1.807, 2.05) is 13.0 Å². The van der Waals surface area contributed by atoms with E-state index in [0.29, 0.717) is 11.4 Å². The largest absolute Gasteiger partial charge is 0.457 e. The van der Waals surface area contributed by atoms with Crippen LogP contribution in [0.2, 0.25) is 0 Å². The standard InChI is InChI=1S/C17H21N3O/c1-11-5-6-13(17(2,3)4)15(9-11)21-12-7-8-20-14(10-12)16(18)19/h5-10H,1-4H3,(H3,18,19). The van der Waals surface area contributed by atoms with Gasteiger partial charge in [0.25, 0.3) is 0 Å². The molecular formula is C17H21N3O. The second-order valence-corrected chi connectivity index (χ2v) is 6.14. The van der Waals surface area contributed by atoms with E-state index in [4.69, 9.17) is 15.9 Å². The molecule has 110 valence electrons. The third kappa shape index (κ3) is 3.60. The summed E-state index contributed by atoms with van der Waals surface area (Å²) in [5, 5.41) is 7.45. The monoisotopic (exact) mass is 283 g/mol. The topological polar surface area (TPSA) is 72.0 Å². The Kier molecular flexibility index (Phi) is 3.98. The number of hydrogen-bond acceptors (Lipinski definition) is 3. The summed E-state index contributed by atoms with van der Waals surface area (Å²) < 4.78 is 6.02. The zero-order chi connectivity index (χ0) is 15.6. The molecule has 0 aliphatic heterocycles. The molecule has 0 saturated carbocycles. The molecule has 0 saturated heterocycles. The Labute approximate surface area is 125 Å². The molecule has 2 aromatic rings. The van der Waals surface area contributed by atoms with Gasteiger partial charge in [0.1, 0.15) is 23.0 Å². The van der Waals surface area contributed by atoms with Gasteiger partial charge in [0.2, 0.25) is 0 Å². The van der Waals surface area contributed by atoms with Crippen LogP contribution in [0.25, 0.3) is 0 Å². The van der Waals surface area contributed by atoms with Crippen molar-refractivity contribution in [2.45, 2.75) is 33.1 Å². The Morgan fingerprint density at radius 3 is 2.52 bits per heavy atom. The van der Waals surface area contributed by atoms with Crippen molar-refractivity contribution in [3.63, 3.8) is 0 Å². The summed E-state index contributed by atoms with van der Waals surface area (Å²) in [5.41, 5.74) is 8.14. The number of ether oxygens (including phenoxy) is 1. The van der Waals surface area contributed by atoms with Crippen LogP contribution in [-0.4, -0.2) is 10.8 Å². The van der Waals surface area contributed by atoms with E-state index in [0.717, 1.165) is 16.9 Å². The van der Waals surface area contributed by atoms with E-state index >= 15 is 0 Å². The van der Waals surface area contributed by atoms with Gasteiger partial charge in [0.15, 0.2) is 0 Å². The average Bonchev–Trinajstić information content (AvgIpc) is 2.37. The van der Waals surface area contributed by atoms with Gasteiger partial charge in [-0.15, -0.1) is 0 Å². The highest BCUT2D eigenvalue weighted by Crippen LogP contribution is 2.34. The van der Waals surface area contributed by atoms with Crippen molar-refractivity contribution in [3.8, 4) is 11.5 Å². The van der Waals surface area contributed by atoms with Gasteiger partial charge < -0.3 is 10.5 Å². The molecular weight excluding hydrogens is 262 g/mol. The first-order valence-electron chi connectivity index (χ1n) is 6.87. The van der Waals surface area contributed by atoms with Crippen LogP contribution < -0.4 is 10.5 Å². The van der Waals surface area contributed by atoms with Crippen molar-refractivity contribution in [1.82, 2.24) is 4.98 Å². The molecule has 0 aliphatic carbocycles. The molecule has 1 aromatic carbocycles. The van der Waals surface area contributed by atoms with Gasteiger partial charge in [-0.2, -0.15) is 0 Å². The average molecular weight is 283 g/mol. The lowest BCUT2D eigenvalue weighted by atomic mass is 9.86. The van der Waals surface area contributed by atoms with Crippen LogP contribution >= 0.6 is 0 Å². The SMILES string of the molecule is Cc1ccc(C(C)(C)C)c(Oc2ccnc(C(=N)N)c2)c1. The van der Waals surface area contributed by atoms with Crippen LogP contribution in [0.5, 0.6) is 11.5 Å². The van der Waals surface area contributed by atoms with Crippen molar-refractivity contribution < 1.29 is 4.74 Å². The van der Waals surface area contributed by atoms with Crippen molar-refractivity contribution in [1.29, 1.82) is 5.41 Å². The number of hydrogen-bond donors (Lipinski definition) is 2. The number of nitrogens with two attached hydrogens (primary N) is 1. The second-order valence-electron chi connectivity index (χ2n) is 6.14. The smallest absolute Gasteiger partial charge is 0.141 e. The first-order chi connectivity index (χ1) is 9.77. The summed E-state index contributed by atoms with van der Waals surface area (Å²) in [6.07, 6.45) is 1.60. The predicted molar refractivity (Wildman–Crippen MR) is 85.2 cm³/mol.